The zero-order valence-electron chi connectivity index (χ0n) is 11.9. The normalized spacial score (nSPS) is 14.6. The summed E-state index contributed by atoms with van der Waals surface area (Å²) in [5.41, 5.74) is 5.03. The minimum absolute atomic E-state index is 0.0297. The third-order valence-electron chi connectivity index (χ3n) is 3.01. The van der Waals surface area contributed by atoms with Crippen molar-refractivity contribution in [1.82, 2.24) is 4.72 Å². The van der Waals surface area contributed by atoms with E-state index in [4.69, 9.17) is 5.73 Å². The van der Waals surface area contributed by atoms with E-state index in [1.54, 1.807) is 32.9 Å². The van der Waals surface area contributed by atoms with Gasteiger partial charge in [-0.25, -0.2) is 13.1 Å². The number of hydrogen-bond acceptors (Lipinski definition) is 4. The van der Waals surface area contributed by atoms with Crippen LogP contribution in [0, 0.1) is 0 Å². The molecule has 20 heavy (non-hydrogen) atoms. The Bertz CT molecular complexity index is 582. The van der Waals surface area contributed by atoms with Gasteiger partial charge in [0.15, 0.2) is 0 Å². The average Bonchev–Trinajstić information content (AvgIpc) is 2.39. The van der Waals surface area contributed by atoms with Crippen molar-refractivity contribution in [3.05, 3.63) is 24.3 Å². The maximum absolute atomic E-state index is 12.1. The van der Waals surface area contributed by atoms with Crippen molar-refractivity contribution in [1.29, 1.82) is 0 Å². The summed E-state index contributed by atoms with van der Waals surface area (Å²) in [5, 5.41) is 2.58. The molecule has 1 atom stereocenters. The molecule has 1 aromatic carbocycles. The Hall–Kier alpha value is -1.44. The summed E-state index contributed by atoms with van der Waals surface area (Å²) in [4.78, 5) is 12.1. The molecule has 1 unspecified atom stereocenters. The fourth-order valence-corrected chi connectivity index (χ4v) is 2.70. The summed E-state index contributed by atoms with van der Waals surface area (Å²) in [6, 6.07) is 6.23. The Morgan fingerprint density at radius 3 is 2.45 bits per heavy atom. The summed E-state index contributed by atoms with van der Waals surface area (Å²) in [6.45, 7) is 5.35. The van der Waals surface area contributed by atoms with Gasteiger partial charge in [-0.05, 0) is 25.5 Å². The minimum Gasteiger partial charge on any atom is -0.323 e. The highest BCUT2D eigenvalue weighted by Gasteiger charge is 2.27. The molecule has 0 aliphatic carbocycles. The standard InChI is InChI=1S/C13H21N3O3S/c1-4-13(3,14)12(17)16-10-8-6-7-9-11(10)20(18,19)15-5-2/h6-9,15H,4-5,14H2,1-3H3,(H,16,17). The second kappa shape index (κ2) is 6.34. The van der Waals surface area contributed by atoms with Crippen LogP contribution in [0.1, 0.15) is 27.2 Å². The number of carbonyl (C=O) groups excluding carboxylic acids is 1. The van der Waals surface area contributed by atoms with E-state index in [0.29, 0.717) is 6.42 Å². The number of nitrogens with two attached hydrogens (primary N) is 1. The van der Waals surface area contributed by atoms with Crippen LogP contribution < -0.4 is 15.8 Å². The van der Waals surface area contributed by atoms with Crippen molar-refractivity contribution in [2.24, 2.45) is 5.73 Å². The lowest BCUT2D eigenvalue weighted by Crippen LogP contribution is -2.48. The molecule has 0 fully saturated rings. The van der Waals surface area contributed by atoms with Gasteiger partial charge < -0.3 is 11.1 Å². The number of para-hydroxylation sites is 1. The smallest absolute Gasteiger partial charge is 0.244 e. The van der Waals surface area contributed by atoms with E-state index in [1.165, 1.54) is 12.1 Å². The van der Waals surface area contributed by atoms with Gasteiger partial charge in [-0.1, -0.05) is 26.0 Å². The Morgan fingerprint density at radius 1 is 1.30 bits per heavy atom. The number of carbonyl (C=O) groups is 1. The molecule has 0 saturated heterocycles. The Balaban J connectivity index is 3.13. The van der Waals surface area contributed by atoms with Crippen molar-refractivity contribution in [2.75, 3.05) is 11.9 Å². The van der Waals surface area contributed by atoms with Crippen LogP contribution in [0.4, 0.5) is 5.69 Å². The van der Waals surface area contributed by atoms with Crippen LogP contribution in [-0.4, -0.2) is 26.4 Å². The zero-order valence-corrected chi connectivity index (χ0v) is 12.8. The van der Waals surface area contributed by atoms with E-state index >= 15 is 0 Å². The van der Waals surface area contributed by atoms with Crippen LogP contribution in [0.2, 0.25) is 0 Å². The predicted octanol–water partition coefficient (Wildman–Crippen LogP) is 1.05. The highest BCUT2D eigenvalue weighted by molar-refractivity contribution is 7.89. The fourth-order valence-electron chi connectivity index (χ4n) is 1.50. The van der Waals surface area contributed by atoms with E-state index < -0.39 is 21.5 Å². The zero-order chi connectivity index (χ0) is 15.4. The van der Waals surface area contributed by atoms with Gasteiger partial charge in [-0.3, -0.25) is 4.79 Å². The van der Waals surface area contributed by atoms with Gasteiger partial charge in [-0.2, -0.15) is 0 Å². The maximum Gasteiger partial charge on any atom is 0.244 e. The van der Waals surface area contributed by atoms with Crippen LogP contribution in [0.3, 0.4) is 0 Å². The SMILES string of the molecule is CCNS(=O)(=O)c1ccccc1NC(=O)C(C)(N)CC. The number of anilines is 1. The second-order valence-electron chi connectivity index (χ2n) is 4.72. The molecule has 0 bridgehead atoms. The molecule has 0 aliphatic heterocycles. The fraction of sp³-hybridized carbons (Fsp3) is 0.462. The Kier molecular flexibility index (Phi) is 5.27. The molecule has 0 saturated carbocycles. The second-order valence-corrected chi connectivity index (χ2v) is 6.46. The van der Waals surface area contributed by atoms with Gasteiger partial charge in [0.25, 0.3) is 0 Å². The Morgan fingerprint density at radius 2 is 1.90 bits per heavy atom. The van der Waals surface area contributed by atoms with E-state index in [0.717, 1.165) is 0 Å². The third kappa shape index (κ3) is 3.78. The molecule has 112 valence electrons. The molecule has 6 nitrogen and oxygen atoms in total. The first-order valence-corrected chi connectivity index (χ1v) is 7.92. The van der Waals surface area contributed by atoms with Crippen molar-refractivity contribution >= 4 is 21.6 Å². The Labute approximate surface area is 119 Å². The number of rotatable bonds is 6. The molecule has 1 aromatic rings. The van der Waals surface area contributed by atoms with Gasteiger partial charge in [-0.15, -0.1) is 0 Å². The summed E-state index contributed by atoms with van der Waals surface area (Å²) < 4.78 is 26.5. The summed E-state index contributed by atoms with van der Waals surface area (Å²) in [7, 11) is -3.64. The molecule has 7 heteroatoms. The summed E-state index contributed by atoms with van der Waals surface area (Å²) in [6.07, 6.45) is 0.445. The quantitative estimate of drug-likeness (QED) is 0.730. The minimum atomic E-state index is -3.64. The van der Waals surface area contributed by atoms with Crippen molar-refractivity contribution in [2.45, 2.75) is 37.6 Å². The third-order valence-corrected chi connectivity index (χ3v) is 4.62. The molecular formula is C13H21N3O3S. The van der Waals surface area contributed by atoms with Crippen LogP contribution in [0.25, 0.3) is 0 Å². The maximum atomic E-state index is 12.1. The first-order valence-electron chi connectivity index (χ1n) is 6.43. The van der Waals surface area contributed by atoms with Crippen LogP contribution in [0.15, 0.2) is 29.2 Å². The number of benzene rings is 1. The van der Waals surface area contributed by atoms with Gasteiger partial charge >= 0.3 is 0 Å². The monoisotopic (exact) mass is 299 g/mol. The molecule has 0 aliphatic rings. The van der Waals surface area contributed by atoms with E-state index in [1.807, 2.05) is 0 Å². The number of sulfonamides is 1. The van der Waals surface area contributed by atoms with Gasteiger partial charge in [0, 0.05) is 6.54 Å². The van der Waals surface area contributed by atoms with E-state index in [2.05, 4.69) is 10.0 Å². The molecule has 1 rings (SSSR count). The summed E-state index contributed by atoms with van der Waals surface area (Å²) >= 11 is 0. The highest BCUT2D eigenvalue weighted by atomic mass is 32.2. The molecule has 4 N–H and O–H groups in total. The average molecular weight is 299 g/mol. The topological polar surface area (TPSA) is 101 Å². The van der Waals surface area contributed by atoms with Crippen molar-refractivity contribution < 1.29 is 13.2 Å². The lowest BCUT2D eigenvalue weighted by atomic mass is 9.99. The largest absolute Gasteiger partial charge is 0.323 e. The number of amides is 1. The molecule has 0 spiro atoms. The lowest BCUT2D eigenvalue weighted by molar-refractivity contribution is -0.120. The first-order chi connectivity index (χ1) is 9.24. The summed E-state index contributed by atoms with van der Waals surface area (Å²) in [5.74, 6) is -0.417. The van der Waals surface area contributed by atoms with Gasteiger partial charge in [0.2, 0.25) is 15.9 Å². The van der Waals surface area contributed by atoms with E-state index in [9.17, 15) is 13.2 Å². The van der Waals surface area contributed by atoms with Crippen LogP contribution in [-0.2, 0) is 14.8 Å². The molecule has 0 heterocycles. The number of hydrogen-bond donors (Lipinski definition) is 3. The van der Waals surface area contributed by atoms with Crippen LogP contribution >= 0.6 is 0 Å². The van der Waals surface area contributed by atoms with Gasteiger partial charge in [0.1, 0.15) is 4.90 Å². The van der Waals surface area contributed by atoms with E-state index in [-0.39, 0.29) is 17.1 Å². The molecule has 1 amide bonds. The van der Waals surface area contributed by atoms with Crippen molar-refractivity contribution in [3.8, 4) is 0 Å². The predicted molar refractivity (Wildman–Crippen MR) is 78.8 cm³/mol. The molecular weight excluding hydrogens is 278 g/mol. The highest BCUT2D eigenvalue weighted by Crippen LogP contribution is 2.21. The first kappa shape index (κ1) is 16.6. The van der Waals surface area contributed by atoms with Gasteiger partial charge in [0.05, 0.1) is 11.2 Å². The van der Waals surface area contributed by atoms with Crippen LogP contribution in [0.5, 0.6) is 0 Å². The number of nitrogens with one attached hydrogen (secondary N) is 2. The molecule has 0 aromatic heterocycles. The van der Waals surface area contributed by atoms with Crippen molar-refractivity contribution in [3.63, 3.8) is 0 Å². The lowest BCUT2D eigenvalue weighted by Gasteiger charge is -2.22. The molecule has 0 radical (unpaired) electrons.